The molecular formula is C25H22F3N3O2. The van der Waals surface area contributed by atoms with Crippen LogP contribution in [0.2, 0.25) is 0 Å². The fourth-order valence-corrected chi connectivity index (χ4v) is 4.63. The molecule has 1 amide bonds. The van der Waals surface area contributed by atoms with Crippen LogP contribution in [0.4, 0.5) is 18.0 Å². The molecule has 2 aliphatic rings. The minimum Gasteiger partial charge on any atom is -0.448 e. The molecule has 0 radical (unpaired) electrons. The molecule has 1 aromatic heterocycles. The van der Waals surface area contributed by atoms with E-state index in [1.54, 1.807) is 0 Å². The summed E-state index contributed by atoms with van der Waals surface area (Å²) in [6.07, 6.45) is -2.74. The highest BCUT2D eigenvalue weighted by Gasteiger charge is 2.34. The molecule has 2 heterocycles. The maximum atomic E-state index is 13.1. The second kappa shape index (κ2) is 8.51. The van der Waals surface area contributed by atoms with Crippen molar-refractivity contribution in [1.29, 1.82) is 0 Å². The van der Waals surface area contributed by atoms with Gasteiger partial charge in [-0.2, -0.15) is 13.2 Å². The van der Waals surface area contributed by atoms with Crippen LogP contribution in [0.15, 0.2) is 67.0 Å². The van der Waals surface area contributed by atoms with Crippen LogP contribution in [-0.2, 0) is 10.9 Å². The van der Waals surface area contributed by atoms with E-state index in [0.29, 0.717) is 18.7 Å². The molecule has 1 aliphatic carbocycles. The first-order valence-corrected chi connectivity index (χ1v) is 10.8. The number of carbonyl (C=O) groups excluding carboxylic acids is 1. The zero-order chi connectivity index (χ0) is 23.0. The molecule has 5 rings (SSSR count). The smallest absolute Gasteiger partial charge is 0.417 e. The number of rotatable bonds is 3. The number of alkyl halides is 3. The molecule has 3 aromatic rings. The highest BCUT2D eigenvalue weighted by molar-refractivity contribution is 5.79. The van der Waals surface area contributed by atoms with Gasteiger partial charge in [0.15, 0.2) is 0 Å². The first kappa shape index (κ1) is 21.5. The van der Waals surface area contributed by atoms with Gasteiger partial charge in [0.2, 0.25) is 0 Å². The number of nitrogens with one attached hydrogen (secondary N) is 1. The molecule has 0 bridgehead atoms. The first-order chi connectivity index (χ1) is 15.9. The monoisotopic (exact) mass is 453 g/mol. The average molecular weight is 453 g/mol. The quantitative estimate of drug-likeness (QED) is 0.607. The highest BCUT2D eigenvalue weighted by atomic mass is 19.4. The second-order valence-electron chi connectivity index (χ2n) is 8.26. The second-order valence-corrected chi connectivity index (χ2v) is 8.26. The Morgan fingerprint density at radius 3 is 2.39 bits per heavy atom. The SMILES string of the molecule is O=C(OCC1c2ccccc2-c2ccccc21)N1CCNC(c2cncc(C(F)(F)F)c2)C1. The molecule has 8 heteroatoms. The number of ether oxygens (including phenoxy) is 1. The summed E-state index contributed by atoms with van der Waals surface area (Å²) in [7, 11) is 0. The van der Waals surface area contributed by atoms with Gasteiger partial charge in [-0.3, -0.25) is 4.98 Å². The van der Waals surface area contributed by atoms with Crippen LogP contribution in [0, 0.1) is 0 Å². The van der Waals surface area contributed by atoms with Crippen LogP contribution < -0.4 is 5.32 Å². The van der Waals surface area contributed by atoms with Crippen molar-refractivity contribution in [2.75, 3.05) is 26.2 Å². The van der Waals surface area contributed by atoms with Crippen LogP contribution in [0.5, 0.6) is 0 Å². The van der Waals surface area contributed by atoms with Crippen LogP contribution in [0.25, 0.3) is 11.1 Å². The summed E-state index contributed by atoms with van der Waals surface area (Å²) in [5.74, 6) is -0.0484. The van der Waals surface area contributed by atoms with E-state index in [2.05, 4.69) is 34.6 Å². The lowest BCUT2D eigenvalue weighted by Crippen LogP contribution is -2.48. The van der Waals surface area contributed by atoms with E-state index in [0.717, 1.165) is 34.5 Å². The number of nitrogens with zero attached hydrogens (tertiary/aromatic N) is 2. The van der Waals surface area contributed by atoms with Gasteiger partial charge in [-0.05, 0) is 33.9 Å². The normalized spacial score (nSPS) is 18.0. The number of benzene rings is 2. The Morgan fingerprint density at radius 1 is 1.06 bits per heavy atom. The summed E-state index contributed by atoms with van der Waals surface area (Å²) in [6.45, 7) is 1.27. The Morgan fingerprint density at radius 2 is 1.73 bits per heavy atom. The number of aromatic nitrogens is 1. The lowest BCUT2D eigenvalue weighted by atomic mass is 9.98. The molecular weight excluding hydrogens is 431 g/mol. The van der Waals surface area contributed by atoms with Crippen LogP contribution in [0.1, 0.15) is 34.2 Å². The number of pyridine rings is 1. The Bertz CT molecular complexity index is 1140. The number of halogens is 3. The number of amides is 1. The molecule has 170 valence electrons. The van der Waals surface area contributed by atoms with Gasteiger partial charge in [0.05, 0.1) is 11.6 Å². The van der Waals surface area contributed by atoms with Crippen molar-refractivity contribution in [1.82, 2.24) is 15.2 Å². The number of fused-ring (bicyclic) bond motifs is 3. The van der Waals surface area contributed by atoms with Crippen molar-refractivity contribution in [2.24, 2.45) is 0 Å². The van der Waals surface area contributed by atoms with Crippen molar-refractivity contribution < 1.29 is 22.7 Å². The topological polar surface area (TPSA) is 54.5 Å². The zero-order valence-corrected chi connectivity index (χ0v) is 17.7. The van der Waals surface area contributed by atoms with E-state index in [1.165, 1.54) is 11.1 Å². The minimum atomic E-state index is -4.47. The van der Waals surface area contributed by atoms with Crippen molar-refractivity contribution in [3.8, 4) is 11.1 Å². The van der Waals surface area contributed by atoms with E-state index in [4.69, 9.17) is 4.74 Å². The summed E-state index contributed by atoms with van der Waals surface area (Å²) < 4.78 is 44.9. The standard InChI is InChI=1S/C25H22F3N3O2/c26-25(27,28)17-11-16(12-29-13-17)23-14-31(10-9-30-23)24(32)33-15-22-20-7-3-1-5-18(20)19-6-2-4-8-21(19)22/h1-8,11-13,22-23,30H,9-10,14-15H2. The van der Waals surface area contributed by atoms with E-state index in [9.17, 15) is 18.0 Å². The number of carbonyl (C=O) groups is 1. The van der Waals surface area contributed by atoms with Crippen molar-refractivity contribution in [3.63, 3.8) is 0 Å². The molecule has 1 aliphatic heterocycles. The Balaban J connectivity index is 1.28. The predicted molar refractivity (Wildman–Crippen MR) is 117 cm³/mol. The fraction of sp³-hybridized carbons (Fsp3) is 0.280. The molecule has 1 atom stereocenters. The largest absolute Gasteiger partial charge is 0.448 e. The molecule has 5 nitrogen and oxygen atoms in total. The molecule has 1 saturated heterocycles. The first-order valence-electron chi connectivity index (χ1n) is 10.8. The van der Waals surface area contributed by atoms with Crippen LogP contribution in [-0.4, -0.2) is 42.2 Å². The van der Waals surface area contributed by atoms with Gasteiger partial charge in [-0.25, -0.2) is 4.79 Å². The van der Waals surface area contributed by atoms with Gasteiger partial charge >= 0.3 is 12.3 Å². The number of hydrogen-bond donors (Lipinski definition) is 1. The van der Waals surface area contributed by atoms with Crippen LogP contribution >= 0.6 is 0 Å². The Labute approximate surface area is 189 Å². The third kappa shape index (κ3) is 4.18. The van der Waals surface area contributed by atoms with Crippen molar-refractivity contribution in [3.05, 3.63) is 89.2 Å². The predicted octanol–water partition coefficient (Wildman–Crippen LogP) is 5.00. The summed E-state index contributed by atoms with van der Waals surface area (Å²) in [4.78, 5) is 18.1. The maximum Gasteiger partial charge on any atom is 0.417 e. The van der Waals surface area contributed by atoms with Crippen LogP contribution in [0.3, 0.4) is 0 Å². The van der Waals surface area contributed by atoms with Gasteiger partial charge in [0.25, 0.3) is 0 Å². The third-order valence-electron chi connectivity index (χ3n) is 6.26. The molecule has 2 aromatic carbocycles. The molecule has 0 spiro atoms. The average Bonchev–Trinajstić information content (AvgIpc) is 3.16. The Kier molecular flexibility index (Phi) is 5.54. The highest BCUT2D eigenvalue weighted by Crippen LogP contribution is 2.44. The molecule has 1 unspecified atom stereocenters. The van der Waals surface area contributed by atoms with E-state index >= 15 is 0 Å². The molecule has 33 heavy (non-hydrogen) atoms. The summed E-state index contributed by atoms with van der Waals surface area (Å²) in [6, 6.07) is 16.8. The zero-order valence-electron chi connectivity index (χ0n) is 17.7. The number of piperazine rings is 1. The summed E-state index contributed by atoms with van der Waals surface area (Å²) in [5.41, 5.74) is 4.13. The minimum absolute atomic E-state index is 0.0484. The van der Waals surface area contributed by atoms with Crippen molar-refractivity contribution in [2.45, 2.75) is 18.1 Å². The lowest BCUT2D eigenvalue weighted by molar-refractivity contribution is -0.137. The Hall–Kier alpha value is -3.39. The van der Waals surface area contributed by atoms with E-state index in [-0.39, 0.29) is 19.1 Å². The van der Waals surface area contributed by atoms with Gasteiger partial charge in [0, 0.05) is 37.9 Å². The maximum absolute atomic E-state index is 13.1. The molecule has 0 saturated carbocycles. The fourth-order valence-electron chi connectivity index (χ4n) is 4.63. The van der Waals surface area contributed by atoms with E-state index < -0.39 is 23.9 Å². The van der Waals surface area contributed by atoms with Crippen molar-refractivity contribution >= 4 is 6.09 Å². The third-order valence-corrected chi connectivity index (χ3v) is 6.26. The van der Waals surface area contributed by atoms with Gasteiger partial charge in [-0.15, -0.1) is 0 Å². The number of hydrogen-bond acceptors (Lipinski definition) is 4. The molecule has 1 N–H and O–H groups in total. The summed E-state index contributed by atoms with van der Waals surface area (Å²) in [5, 5.41) is 3.17. The van der Waals surface area contributed by atoms with E-state index in [1.807, 2.05) is 24.3 Å². The molecule has 1 fully saturated rings. The van der Waals surface area contributed by atoms with Gasteiger partial charge < -0.3 is 15.0 Å². The van der Waals surface area contributed by atoms with Gasteiger partial charge in [0.1, 0.15) is 6.61 Å². The summed E-state index contributed by atoms with van der Waals surface area (Å²) >= 11 is 0. The van der Waals surface area contributed by atoms with Gasteiger partial charge in [-0.1, -0.05) is 48.5 Å². The lowest BCUT2D eigenvalue weighted by Gasteiger charge is -2.33.